The van der Waals surface area contributed by atoms with Crippen molar-refractivity contribution in [3.63, 3.8) is 0 Å². The fraction of sp³-hybridized carbons (Fsp3) is 0.467. The van der Waals surface area contributed by atoms with Crippen molar-refractivity contribution in [2.45, 2.75) is 26.2 Å². The Morgan fingerprint density at radius 3 is 2.74 bits per heavy atom. The SMILES string of the molecule is CCOC(=O)[C@H]1C[C@@H]1C(=O)CCc1ccccc1F. The van der Waals surface area contributed by atoms with Gasteiger partial charge in [0.15, 0.2) is 0 Å². The third-order valence-electron chi connectivity index (χ3n) is 3.39. The minimum Gasteiger partial charge on any atom is -0.466 e. The van der Waals surface area contributed by atoms with E-state index in [0.717, 1.165) is 0 Å². The van der Waals surface area contributed by atoms with E-state index in [1.165, 1.54) is 6.07 Å². The van der Waals surface area contributed by atoms with Gasteiger partial charge in [0.25, 0.3) is 0 Å². The van der Waals surface area contributed by atoms with Crippen LogP contribution < -0.4 is 0 Å². The molecule has 0 saturated heterocycles. The smallest absolute Gasteiger partial charge is 0.309 e. The van der Waals surface area contributed by atoms with Gasteiger partial charge in [-0.05, 0) is 31.4 Å². The van der Waals surface area contributed by atoms with E-state index in [-0.39, 0.29) is 35.8 Å². The molecule has 0 unspecified atom stereocenters. The standard InChI is InChI=1S/C15H17FO3/c1-2-19-15(18)12-9-11(12)14(17)8-7-10-5-3-4-6-13(10)16/h3-6,11-12H,2,7-9H2,1H3/t11-,12-/m0/s1. The van der Waals surface area contributed by atoms with Crippen molar-refractivity contribution in [2.24, 2.45) is 11.8 Å². The zero-order valence-corrected chi connectivity index (χ0v) is 10.9. The molecule has 0 amide bonds. The Bertz CT molecular complexity index is 484. The molecule has 1 aromatic carbocycles. The van der Waals surface area contributed by atoms with Crippen LogP contribution >= 0.6 is 0 Å². The maximum Gasteiger partial charge on any atom is 0.309 e. The summed E-state index contributed by atoms with van der Waals surface area (Å²) in [6.45, 7) is 2.08. The predicted octanol–water partition coefficient (Wildman–Crippen LogP) is 2.53. The lowest BCUT2D eigenvalue weighted by Gasteiger charge is -2.03. The third kappa shape index (κ3) is 3.40. The topological polar surface area (TPSA) is 43.4 Å². The molecule has 0 radical (unpaired) electrons. The monoisotopic (exact) mass is 264 g/mol. The number of hydrogen-bond acceptors (Lipinski definition) is 3. The van der Waals surface area contributed by atoms with E-state index in [2.05, 4.69) is 0 Å². The van der Waals surface area contributed by atoms with Crippen LogP contribution in [-0.2, 0) is 20.7 Å². The van der Waals surface area contributed by atoms with Crippen LogP contribution in [0.3, 0.4) is 0 Å². The zero-order valence-electron chi connectivity index (χ0n) is 10.9. The third-order valence-corrected chi connectivity index (χ3v) is 3.39. The molecule has 1 aliphatic rings. The first-order valence-corrected chi connectivity index (χ1v) is 6.56. The van der Waals surface area contributed by atoms with Crippen LogP contribution in [0.5, 0.6) is 0 Å². The van der Waals surface area contributed by atoms with Crippen molar-refractivity contribution < 1.29 is 18.7 Å². The molecule has 1 fully saturated rings. The number of rotatable bonds is 6. The lowest BCUT2D eigenvalue weighted by Crippen LogP contribution is -2.12. The van der Waals surface area contributed by atoms with Gasteiger partial charge in [0, 0.05) is 12.3 Å². The highest BCUT2D eigenvalue weighted by molar-refractivity contribution is 5.91. The van der Waals surface area contributed by atoms with Crippen LogP contribution in [0.15, 0.2) is 24.3 Å². The van der Waals surface area contributed by atoms with Gasteiger partial charge in [-0.15, -0.1) is 0 Å². The van der Waals surface area contributed by atoms with E-state index in [9.17, 15) is 14.0 Å². The van der Waals surface area contributed by atoms with Crippen LogP contribution in [0.1, 0.15) is 25.3 Å². The highest BCUT2D eigenvalue weighted by atomic mass is 19.1. The van der Waals surface area contributed by atoms with Crippen LogP contribution in [0.4, 0.5) is 4.39 Å². The molecular formula is C15H17FO3. The van der Waals surface area contributed by atoms with Gasteiger partial charge < -0.3 is 4.74 Å². The summed E-state index contributed by atoms with van der Waals surface area (Å²) in [5.41, 5.74) is 0.546. The lowest BCUT2D eigenvalue weighted by molar-refractivity contribution is -0.145. The molecule has 0 heterocycles. The molecule has 1 saturated carbocycles. The minimum atomic E-state index is -0.285. The molecule has 1 aromatic rings. The van der Waals surface area contributed by atoms with Gasteiger partial charge in [-0.25, -0.2) is 4.39 Å². The van der Waals surface area contributed by atoms with Crippen LogP contribution in [0.2, 0.25) is 0 Å². The van der Waals surface area contributed by atoms with Crippen molar-refractivity contribution in [1.29, 1.82) is 0 Å². The van der Waals surface area contributed by atoms with Gasteiger partial charge in [0.05, 0.1) is 12.5 Å². The highest BCUT2D eigenvalue weighted by Crippen LogP contribution is 2.41. The van der Waals surface area contributed by atoms with E-state index < -0.39 is 0 Å². The summed E-state index contributed by atoms with van der Waals surface area (Å²) in [5.74, 6) is -1.03. The molecule has 0 aliphatic heterocycles. The minimum absolute atomic E-state index is 0.0290. The summed E-state index contributed by atoms with van der Waals surface area (Å²) >= 11 is 0. The first-order valence-electron chi connectivity index (χ1n) is 6.56. The number of hydrogen-bond donors (Lipinski definition) is 0. The number of ketones is 1. The quantitative estimate of drug-likeness (QED) is 0.741. The number of Topliss-reactive ketones (excluding diaryl/α,β-unsaturated/α-hetero) is 1. The summed E-state index contributed by atoms with van der Waals surface area (Å²) in [6.07, 6.45) is 1.24. The summed E-state index contributed by atoms with van der Waals surface area (Å²) in [7, 11) is 0. The van der Waals surface area contributed by atoms with Gasteiger partial charge >= 0.3 is 5.97 Å². The fourth-order valence-corrected chi connectivity index (χ4v) is 2.21. The van der Waals surface area contributed by atoms with Gasteiger partial charge in [-0.2, -0.15) is 0 Å². The van der Waals surface area contributed by atoms with E-state index >= 15 is 0 Å². The van der Waals surface area contributed by atoms with Gasteiger partial charge in [-0.1, -0.05) is 18.2 Å². The zero-order chi connectivity index (χ0) is 13.8. The average molecular weight is 264 g/mol. The second-order valence-corrected chi connectivity index (χ2v) is 4.76. The second-order valence-electron chi connectivity index (χ2n) is 4.76. The summed E-state index contributed by atoms with van der Waals surface area (Å²) < 4.78 is 18.3. The van der Waals surface area contributed by atoms with Crippen molar-refractivity contribution in [3.05, 3.63) is 35.6 Å². The molecule has 4 heteroatoms. The van der Waals surface area contributed by atoms with Crippen LogP contribution in [-0.4, -0.2) is 18.4 Å². The number of ether oxygens (including phenoxy) is 1. The molecule has 0 spiro atoms. The number of esters is 1. The predicted molar refractivity (Wildman–Crippen MR) is 68.0 cm³/mol. The molecule has 0 bridgehead atoms. The molecule has 2 atom stereocenters. The van der Waals surface area contributed by atoms with Crippen molar-refractivity contribution >= 4 is 11.8 Å². The van der Waals surface area contributed by atoms with Gasteiger partial charge in [0.1, 0.15) is 11.6 Å². The molecule has 19 heavy (non-hydrogen) atoms. The summed E-state index contributed by atoms with van der Waals surface area (Å²) in [5, 5.41) is 0. The molecule has 0 N–H and O–H groups in total. The molecule has 3 nitrogen and oxygen atoms in total. The van der Waals surface area contributed by atoms with E-state index in [4.69, 9.17) is 4.74 Å². The maximum atomic E-state index is 13.4. The summed E-state index contributed by atoms with van der Waals surface area (Å²) in [6, 6.07) is 6.44. The second kappa shape index (κ2) is 5.95. The largest absolute Gasteiger partial charge is 0.466 e. The number of benzene rings is 1. The highest BCUT2D eigenvalue weighted by Gasteiger charge is 2.48. The van der Waals surface area contributed by atoms with Crippen LogP contribution in [0.25, 0.3) is 0 Å². The molecular weight excluding hydrogens is 247 g/mol. The Morgan fingerprint density at radius 2 is 2.05 bits per heavy atom. The van der Waals surface area contributed by atoms with Crippen LogP contribution in [0, 0.1) is 17.7 Å². The van der Waals surface area contributed by atoms with E-state index in [0.29, 0.717) is 25.0 Å². The van der Waals surface area contributed by atoms with Gasteiger partial charge in [-0.3, -0.25) is 9.59 Å². The fourth-order valence-electron chi connectivity index (χ4n) is 2.21. The number of halogens is 1. The first kappa shape index (κ1) is 13.7. The van der Waals surface area contributed by atoms with Crippen molar-refractivity contribution in [3.8, 4) is 0 Å². The van der Waals surface area contributed by atoms with E-state index in [1.807, 2.05) is 0 Å². The van der Waals surface area contributed by atoms with E-state index in [1.54, 1.807) is 25.1 Å². The number of carbonyl (C=O) groups excluding carboxylic acids is 2. The summed E-state index contributed by atoms with van der Waals surface area (Å²) in [4.78, 5) is 23.3. The number of carbonyl (C=O) groups is 2. The Labute approximate surface area is 111 Å². The molecule has 1 aliphatic carbocycles. The molecule has 2 rings (SSSR count). The Balaban J connectivity index is 1.81. The molecule has 102 valence electrons. The normalized spacial score (nSPS) is 20.9. The van der Waals surface area contributed by atoms with Crippen molar-refractivity contribution in [2.75, 3.05) is 6.61 Å². The van der Waals surface area contributed by atoms with Crippen molar-refractivity contribution in [1.82, 2.24) is 0 Å². The maximum absolute atomic E-state index is 13.4. The first-order chi connectivity index (χ1) is 9.13. The average Bonchev–Trinajstić information content (AvgIpc) is 3.18. The Hall–Kier alpha value is -1.71. The molecule has 0 aromatic heterocycles. The van der Waals surface area contributed by atoms with Gasteiger partial charge in [0.2, 0.25) is 0 Å². The Morgan fingerprint density at radius 1 is 1.32 bits per heavy atom. The lowest BCUT2D eigenvalue weighted by atomic mass is 10.0. The Kier molecular flexibility index (Phi) is 4.30. The number of aryl methyl sites for hydroxylation is 1.